The number of hydrogen-bond acceptors (Lipinski definition) is 1. The number of benzene rings is 3. The Morgan fingerprint density at radius 2 is 1.67 bits per heavy atom. The Morgan fingerprint density at radius 3 is 2.44 bits per heavy atom. The zero-order chi connectivity index (χ0) is 18.8. The molecule has 0 aliphatic heterocycles. The van der Waals surface area contributed by atoms with Crippen molar-refractivity contribution >= 4 is 23.2 Å². The summed E-state index contributed by atoms with van der Waals surface area (Å²) in [5.74, 6) is 0.647. The van der Waals surface area contributed by atoms with Gasteiger partial charge in [-0.15, -0.1) is 0 Å². The van der Waals surface area contributed by atoms with Gasteiger partial charge in [0.15, 0.2) is 0 Å². The molecule has 3 aromatic carbocycles. The normalized spacial score (nSPS) is 11.5. The van der Waals surface area contributed by atoms with Crippen LogP contribution in [-0.2, 0) is 6.54 Å². The van der Waals surface area contributed by atoms with Gasteiger partial charge in [0, 0.05) is 6.54 Å². The highest BCUT2D eigenvalue weighted by atomic mass is 19.1. The predicted octanol–water partition coefficient (Wildman–Crippen LogP) is 6.01. The van der Waals surface area contributed by atoms with Crippen LogP contribution in [0, 0.1) is 19.7 Å². The summed E-state index contributed by atoms with van der Waals surface area (Å²) < 4.78 is 15.8. The summed E-state index contributed by atoms with van der Waals surface area (Å²) in [4.78, 5) is 4.83. The van der Waals surface area contributed by atoms with Crippen molar-refractivity contribution in [2.24, 2.45) is 0 Å². The zero-order valence-corrected chi connectivity index (χ0v) is 15.5. The Hall–Kier alpha value is -3.20. The molecule has 0 aliphatic carbocycles. The first kappa shape index (κ1) is 17.2. The van der Waals surface area contributed by atoms with Crippen molar-refractivity contribution in [1.82, 2.24) is 9.55 Å². The molecular formula is C24H21FN2. The van der Waals surface area contributed by atoms with Crippen molar-refractivity contribution in [1.29, 1.82) is 0 Å². The molecule has 0 atom stereocenters. The molecular weight excluding hydrogens is 335 g/mol. The third-order valence-electron chi connectivity index (χ3n) is 4.85. The van der Waals surface area contributed by atoms with Crippen LogP contribution in [0.25, 0.3) is 23.2 Å². The Morgan fingerprint density at radius 1 is 0.889 bits per heavy atom. The predicted molar refractivity (Wildman–Crippen MR) is 110 cm³/mol. The summed E-state index contributed by atoms with van der Waals surface area (Å²) in [6.45, 7) is 4.78. The van der Waals surface area contributed by atoms with Crippen LogP contribution in [0.4, 0.5) is 4.39 Å². The maximum atomic E-state index is 13.7. The van der Waals surface area contributed by atoms with E-state index >= 15 is 0 Å². The van der Waals surface area contributed by atoms with E-state index in [9.17, 15) is 4.39 Å². The van der Waals surface area contributed by atoms with Crippen LogP contribution in [0.1, 0.15) is 28.1 Å². The molecule has 0 fully saturated rings. The molecule has 1 aromatic heterocycles. The first-order valence-corrected chi connectivity index (χ1v) is 9.05. The minimum atomic E-state index is -0.217. The van der Waals surface area contributed by atoms with Gasteiger partial charge in [-0.1, -0.05) is 48.5 Å². The molecule has 3 heteroatoms. The van der Waals surface area contributed by atoms with Crippen LogP contribution < -0.4 is 0 Å². The third-order valence-corrected chi connectivity index (χ3v) is 4.85. The number of halogens is 1. The fourth-order valence-electron chi connectivity index (χ4n) is 3.24. The summed E-state index contributed by atoms with van der Waals surface area (Å²) in [5, 5.41) is 0. The monoisotopic (exact) mass is 356 g/mol. The molecule has 134 valence electrons. The SMILES string of the molecule is Cc1cc2nc(/C=C/c3ccccc3)n(Cc3cccc(F)c3)c2cc1C. The lowest BCUT2D eigenvalue weighted by Gasteiger charge is -2.09. The van der Waals surface area contributed by atoms with Crippen LogP contribution in [0.2, 0.25) is 0 Å². The standard InChI is InChI=1S/C24H21FN2/c1-17-13-22-23(14-18(17)2)27(16-20-9-6-10-21(25)15-20)24(26-22)12-11-19-7-4-3-5-8-19/h3-15H,16H2,1-2H3/b12-11+. The Kier molecular flexibility index (Phi) is 4.59. The number of rotatable bonds is 4. The molecule has 0 aliphatic rings. The lowest BCUT2D eigenvalue weighted by atomic mass is 10.1. The molecule has 27 heavy (non-hydrogen) atoms. The Labute approximate surface area is 158 Å². The molecule has 4 aromatic rings. The highest BCUT2D eigenvalue weighted by Gasteiger charge is 2.11. The van der Waals surface area contributed by atoms with Gasteiger partial charge in [0.25, 0.3) is 0 Å². The summed E-state index contributed by atoms with van der Waals surface area (Å²) in [7, 11) is 0. The maximum Gasteiger partial charge on any atom is 0.134 e. The Balaban J connectivity index is 1.82. The second-order valence-electron chi connectivity index (χ2n) is 6.86. The van der Waals surface area contributed by atoms with Crippen LogP contribution in [0.5, 0.6) is 0 Å². The van der Waals surface area contributed by atoms with Gasteiger partial charge in [-0.05, 0) is 66.4 Å². The minimum Gasteiger partial charge on any atom is -0.320 e. The molecule has 0 N–H and O–H groups in total. The van der Waals surface area contributed by atoms with Crippen molar-refractivity contribution in [3.05, 3.63) is 101 Å². The number of imidazole rings is 1. The third kappa shape index (κ3) is 3.68. The van der Waals surface area contributed by atoms with Gasteiger partial charge >= 0.3 is 0 Å². The lowest BCUT2D eigenvalue weighted by molar-refractivity contribution is 0.624. The topological polar surface area (TPSA) is 17.8 Å². The molecule has 0 unspecified atom stereocenters. The van der Waals surface area contributed by atoms with Crippen molar-refractivity contribution in [3.63, 3.8) is 0 Å². The van der Waals surface area contributed by atoms with Crippen molar-refractivity contribution in [3.8, 4) is 0 Å². The first-order chi connectivity index (χ1) is 13.1. The Bertz CT molecular complexity index is 1120. The van der Waals surface area contributed by atoms with Crippen LogP contribution in [0.15, 0.2) is 66.7 Å². The highest BCUT2D eigenvalue weighted by Crippen LogP contribution is 2.23. The first-order valence-electron chi connectivity index (χ1n) is 9.05. The van der Waals surface area contributed by atoms with Crippen molar-refractivity contribution in [2.75, 3.05) is 0 Å². The van der Waals surface area contributed by atoms with E-state index in [1.807, 2.05) is 30.3 Å². The van der Waals surface area contributed by atoms with E-state index in [0.717, 1.165) is 28.0 Å². The average Bonchev–Trinajstić information content (AvgIpc) is 2.98. The molecule has 0 radical (unpaired) electrons. The molecule has 0 spiro atoms. The zero-order valence-electron chi connectivity index (χ0n) is 15.5. The van der Waals surface area contributed by atoms with Crippen molar-refractivity contribution in [2.45, 2.75) is 20.4 Å². The summed E-state index contributed by atoms with van der Waals surface area (Å²) in [6.07, 6.45) is 4.09. The average molecular weight is 356 g/mol. The second kappa shape index (κ2) is 7.20. The van der Waals surface area contributed by atoms with E-state index in [1.54, 1.807) is 12.1 Å². The fourth-order valence-corrected chi connectivity index (χ4v) is 3.24. The van der Waals surface area contributed by atoms with Crippen molar-refractivity contribution < 1.29 is 4.39 Å². The summed E-state index contributed by atoms with van der Waals surface area (Å²) in [5.41, 5.74) is 6.51. The van der Waals surface area contributed by atoms with E-state index < -0.39 is 0 Å². The quantitative estimate of drug-likeness (QED) is 0.438. The van der Waals surface area contributed by atoms with Gasteiger partial charge in [-0.25, -0.2) is 9.37 Å². The summed E-state index contributed by atoms with van der Waals surface area (Å²) in [6, 6.07) is 21.2. The largest absolute Gasteiger partial charge is 0.320 e. The second-order valence-corrected chi connectivity index (χ2v) is 6.86. The van der Waals surface area contributed by atoms with Crippen LogP contribution in [0.3, 0.4) is 0 Å². The van der Waals surface area contributed by atoms with Gasteiger partial charge < -0.3 is 4.57 Å². The molecule has 0 bridgehead atoms. The summed E-state index contributed by atoms with van der Waals surface area (Å²) >= 11 is 0. The number of nitrogens with zero attached hydrogens (tertiary/aromatic N) is 2. The highest BCUT2D eigenvalue weighted by molar-refractivity contribution is 5.81. The van der Waals surface area contributed by atoms with Gasteiger partial charge in [-0.2, -0.15) is 0 Å². The van der Waals surface area contributed by atoms with E-state index in [2.05, 4.69) is 48.8 Å². The molecule has 2 nitrogen and oxygen atoms in total. The fraction of sp³-hybridized carbons (Fsp3) is 0.125. The van der Waals surface area contributed by atoms with Gasteiger partial charge in [0.05, 0.1) is 11.0 Å². The maximum absolute atomic E-state index is 13.7. The molecule has 4 rings (SSSR count). The van der Waals surface area contributed by atoms with Gasteiger partial charge in [-0.3, -0.25) is 0 Å². The number of fused-ring (bicyclic) bond motifs is 1. The molecule has 0 amide bonds. The van der Waals surface area contributed by atoms with E-state index in [1.165, 1.54) is 17.2 Å². The van der Waals surface area contributed by atoms with Crippen LogP contribution in [-0.4, -0.2) is 9.55 Å². The van der Waals surface area contributed by atoms with Crippen LogP contribution >= 0.6 is 0 Å². The molecule has 0 saturated carbocycles. The number of aromatic nitrogens is 2. The minimum absolute atomic E-state index is 0.217. The smallest absolute Gasteiger partial charge is 0.134 e. The van der Waals surface area contributed by atoms with E-state index in [0.29, 0.717) is 6.54 Å². The van der Waals surface area contributed by atoms with Gasteiger partial charge in [0.1, 0.15) is 11.6 Å². The number of hydrogen-bond donors (Lipinski definition) is 0. The lowest BCUT2D eigenvalue weighted by Crippen LogP contribution is -2.02. The molecule has 1 heterocycles. The van der Waals surface area contributed by atoms with Gasteiger partial charge in [0.2, 0.25) is 0 Å². The molecule has 0 saturated heterocycles. The number of aryl methyl sites for hydroxylation is 2. The van der Waals surface area contributed by atoms with E-state index in [-0.39, 0.29) is 5.82 Å². The van der Waals surface area contributed by atoms with E-state index in [4.69, 9.17) is 4.98 Å².